The lowest BCUT2D eigenvalue weighted by Gasteiger charge is -2.20. The van der Waals surface area contributed by atoms with Crippen LogP contribution >= 0.6 is 0 Å². The summed E-state index contributed by atoms with van der Waals surface area (Å²) in [5.41, 5.74) is 12.9. The summed E-state index contributed by atoms with van der Waals surface area (Å²) in [6.45, 7) is 4.69. The van der Waals surface area contributed by atoms with Crippen molar-refractivity contribution in [3.8, 4) is 45.3 Å². The second-order valence-corrected chi connectivity index (χ2v) is 12.2. The zero-order chi connectivity index (χ0) is 30.1. The van der Waals surface area contributed by atoms with Crippen LogP contribution in [0.25, 0.3) is 67.1 Å². The number of hydrogen-bond donors (Lipinski definition) is 0. The largest absolute Gasteiger partial charge is 0.317 e. The van der Waals surface area contributed by atoms with E-state index in [1.165, 1.54) is 38.8 Å². The highest BCUT2D eigenvalue weighted by atomic mass is 15.1. The first-order valence-corrected chi connectivity index (χ1v) is 15.3. The minimum absolute atomic E-state index is 0.150. The van der Waals surface area contributed by atoms with Gasteiger partial charge < -0.3 is 9.13 Å². The second-order valence-electron chi connectivity index (χ2n) is 12.2. The van der Waals surface area contributed by atoms with Crippen LogP contribution in [0, 0.1) is 0 Å². The number of hydrogen-bond acceptors (Lipinski definition) is 3. The van der Waals surface area contributed by atoms with Gasteiger partial charge in [-0.05, 0) is 83.4 Å². The Kier molecular flexibility index (Phi) is 5.47. The fraction of sp³-hybridized carbons (Fsp3) is 0.0750. The van der Waals surface area contributed by atoms with E-state index < -0.39 is 0 Å². The zero-order valence-electron chi connectivity index (χ0n) is 25.0. The van der Waals surface area contributed by atoms with Crippen molar-refractivity contribution in [2.75, 3.05) is 0 Å². The Hall–Kier alpha value is -5.81. The van der Waals surface area contributed by atoms with Gasteiger partial charge in [0, 0.05) is 46.2 Å². The first kappa shape index (κ1) is 25.7. The number of rotatable bonds is 4. The predicted octanol–water partition coefficient (Wildman–Crippen LogP) is 9.40. The summed E-state index contributed by atoms with van der Waals surface area (Å²) in [5.74, 6) is 0. The third-order valence-corrected chi connectivity index (χ3v) is 9.19. The van der Waals surface area contributed by atoms with Crippen LogP contribution in [0.5, 0.6) is 0 Å². The highest BCUT2D eigenvalue weighted by Gasteiger charge is 2.39. The van der Waals surface area contributed by atoms with E-state index in [2.05, 4.69) is 124 Å². The molecule has 5 nitrogen and oxygen atoms in total. The van der Waals surface area contributed by atoms with E-state index in [1.807, 2.05) is 48.8 Å². The highest BCUT2D eigenvalue weighted by molar-refractivity contribution is 6.12. The Bertz CT molecular complexity index is 2330. The fourth-order valence-corrected chi connectivity index (χ4v) is 7.13. The van der Waals surface area contributed by atoms with Gasteiger partial charge in [-0.3, -0.25) is 9.97 Å². The molecule has 0 amide bonds. The molecule has 1 aliphatic heterocycles. The van der Waals surface area contributed by atoms with E-state index in [-0.39, 0.29) is 5.41 Å². The molecule has 0 fully saturated rings. The number of fused-ring (bicyclic) bond motifs is 7. The fourth-order valence-electron chi connectivity index (χ4n) is 7.13. The summed E-state index contributed by atoms with van der Waals surface area (Å²) < 4.78 is 4.86. The summed E-state index contributed by atoms with van der Waals surface area (Å²) in [5, 5.41) is 2.47. The molecule has 0 saturated carbocycles. The molecule has 0 N–H and O–H groups in total. The zero-order valence-corrected chi connectivity index (χ0v) is 25.0. The number of para-hydroxylation sites is 2. The Balaban J connectivity index is 1.32. The molecule has 9 rings (SSSR count). The molecule has 214 valence electrons. The van der Waals surface area contributed by atoms with Crippen molar-refractivity contribution in [1.29, 1.82) is 0 Å². The molecule has 1 aliphatic rings. The van der Waals surface area contributed by atoms with Gasteiger partial charge in [0.05, 0.1) is 39.5 Å². The standard InChI is InChI=1S/C40H29N5/c1-40(2)31-14-6-7-17-37(31)44-25-30-29-22-26(18-19-36(29)45(38(30)39(40)44)28-12-4-3-5-13-28)27-23-34(32-15-8-10-20-41-32)43-35(24-27)33-16-9-11-21-42-33/h3-25H,1-2H3. The molecule has 45 heavy (non-hydrogen) atoms. The van der Waals surface area contributed by atoms with E-state index in [0.29, 0.717) is 0 Å². The Morgan fingerprint density at radius 1 is 0.578 bits per heavy atom. The SMILES string of the molecule is CC1(C)c2ccccc2-n2cc3c4cc(-c5cc(-c6ccccn6)nc(-c6ccccn6)c5)ccc4n(-c4ccccc4)c3c21. The van der Waals surface area contributed by atoms with E-state index in [0.717, 1.165) is 39.6 Å². The Labute approximate surface area is 261 Å². The number of pyridine rings is 3. The van der Waals surface area contributed by atoms with Gasteiger partial charge in [0.25, 0.3) is 0 Å². The minimum Gasteiger partial charge on any atom is -0.317 e. The number of aromatic nitrogens is 5. The third-order valence-electron chi connectivity index (χ3n) is 9.19. The molecule has 8 aromatic rings. The third kappa shape index (κ3) is 3.84. The van der Waals surface area contributed by atoms with E-state index >= 15 is 0 Å². The molecule has 6 heterocycles. The van der Waals surface area contributed by atoms with Gasteiger partial charge in [0.1, 0.15) is 0 Å². The van der Waals surface area contributed by atoms with Crippen molar-refractivity contribution < 1.29 is 0 Å². The van der Waals surface area contributed by atoms with Crippen LogP contribution in [0.1, 0.15) is 25.1 Å². The summed E-state index contributed by atoms with van der Waals surface area (Å²) in [7, 11) is 0. The molecule has 3 aromatic carbocycles. The van der Waals surface area contributed by atoms with Gasteiger partial charge in [-0.1, -0.05) is 68.4 Å². The smallest absolute Gasteiger partial charge is 0.0900 e. The summed E-state index contributed by atoms with van der Waals surface area (Å²) in [4.78, 5) is 14.2. The predicted molar refractivity (Wildman–Crippen MR) is 182 cm³/mol. The quantitative estimate of drug-likeness (QED) is 0.209. The summed E-state index contributed by atoms with van der Waals surface area (Å²) in [6, 6.07) is 42.5. The van der Waals surface area contributed by atoms with Gasteiger partial charge in [0.15, 0.2) is 0 Å². The van der Waals surface area contributed by atoms with Crippen molar-refractivity contribution in [1.82, 2.24) is 24.1 Å². The monoisotopic (exact) mass is 579 g/mol. The van der Waals surface area contributed by atoms with Crippen LogP contribution in [-0.4, -0.2) is 24.1 Å². The maximum Gasteiger partial charge on any atom is 0.0900 e. The topological polar surface area (TPSA) is 48.5 Å². The van der Waals surface area contributed by atoms with E-state index in [9.17, 15) is 0 Å². The number of nitrogens with zero attached hydrogens (tertiary/aromatic N) is 5. The Morgan fingerprint density at radius 3 is 1.93 bits per heavy atom. The van der Waals surface area contributed by atoms with Gasteiger partial charge in [0.2, 0.25) is 0 Å². The van der Waals surface area contributed by atoms with Crippen molar-refractivity contribution in [3.63, 3.8) is 0 Å². The maximum absolute atomic E-state index is 4.99. The van der Waals surface area contributed by atoms with Crippen molar-refractivity contribution in [3.05, 3.63) is 151 Å². The van der Waals surface area contributed by atoms with Crippen LogP contribution in [0.3, 0.4) is 0 Å². The lowest BCUT2D eigenvalue weighted by atomic mass is 9.83. The molecule has 0 radical (unpaired) electrons. The molecule has 0 spiro atoms. The highest BCUT2D eigenvalue weighted by Crippen LogP contribution is 2.49. The minimum atomic E-state index is -0.150. The molecule has 5 aromatic heterocycles. The summed E-state index contributed by atoms with van der Waals surface area (Å²) in [6.07, 6.45) is 5.96. The van der Waals surface area contributed by atoms with Crippen LogP contribution in [0.15, 0.2) is 140 Å². The molecular weight excluding hydrogens is 550 g/mol. The van der Waals surface area contributed by atoms with Gasteiger partial charge in [-0.15, -0.1) is 0 Å². The normalized spacial score (nSPS) is 13.3. The van der Waals surface area contributed by atoms with Crippen molar-refractivity contribution in [2.24, 2.45) is 0 Å². The Morgan fingerprint density at radius 2 is 1.24 bits per heavy atom. The van der Waals surface area contributed by atoms with Crippen molar-refractivity contribution in [2.45, 2.75) is 19.3 Å². The average Bonchev–Trinajstić information content (AvgIpc) is 3.71. The molecule has 0 atom stereocenters. The lowest BCUT2D eigenvalue weighted by molar-refractivity contribution is 0.646. The van der Waals surface area contributed by atoms with E-state index in [4.69, 9.17) is 4.98 Å². The molecule has 0 unspecified atom stereocenters. The maximum atomic E-state index is 4.99. The van der Waals surface area contributed by atoms with Gasteiger partial charge >= 0.3 is 0 Å². The lowest BCUT2D eigenvalue weighted by Crippen LogP contribution is -2.16. The molecular formula is C40H29N5. The first-order valence-electron chi connectivity index (χ1n) is 15.3. The van der Waals surface area contributed by atoms with Crippen LogP contribution < -0.4 is 0 Å². The first-order chi connectivity index (χ1) is 22.1. The van der Waals surface area contributed by atoms with Gasteiger partial charge in [-0.25, -0.2) is 4.98 Å². The summed E-state index contributed by atoms with van der Waals surface area (Å²) >= 11 is 0. The van der Waals surface area contributed by atoms with Crippen molar-refractivity contribution >= 4 is 21.8 Å². The van der Waals surface area contributed by atoms with Crippen LogP contribution in [0.2, 0.25) is 0 Å². The van der Waals surface area contributed by atoms with Crippen LogP contribution in [-0.2, 0) is 5.41 Å². The number of benzene rings is 3. The molecule has 5 heteroatoms. The average molecular weight is 580 g/mol. The molecule has 0 saturated heterocycles. The second kappa shape index (κ2) is 9.60. The van der Waals surface area contributed by atoms with Gasteiger partial charge in [-0.2, -0.15) is 0 Å². The molecule has 0 aliphatic carbocycles. The van der Waals surface area contributed by atoms with E-state index in [1.54, 1.807) is 0 Å². The molecule has 0 bridgehead atoms. The van der Waals surface area contributed by atoms with Crippen LogP contribution in [0.4, 0.5) is 0 Å².